The topological polar surface area (TPSA) is 77.5 Å². The lowest BCUT2D eigenvalue weighted by Crippen LogP contribution is -2.34. The van der Waals surface area contributed by atoms with Gasteiger partial charge in [0.2, 0.25) is 0 Å². The smallest absolute Gasteiger partial charge is 0.162 e. The van der Waals surface area contributed by atoms with Gasteiger partial charge in [0.1, 0.15) is 24.0 Å². The molecular formula is C22H27ClN4O3. The van der Waals surface area contributed by atoms with E-state index in [1.807, 2.05) is 24.3 Å². The molecule has 0 aliphatic carbocycles. The first kappa shape index (κ1) is 21.9. The number of methoxy groups -OCH3 is 2. The van der Waals surface area contributed by atoms with Crippen LogP contribution in [0.5, 0.6) is 17.2 Å². The predicted molar refractivity (Wildman–Crippen MR) is 121 cm³/mol. The van der Waals surface area contributed by atoms with E-state index in [4.69, 9.17) is 14.2 Å². The number of halogens is 1. The van der Waals surface area contributed by atoms with Gasteiger partial charge in [-0.2, -0.15) is 0 Å². The highest BCUT2D eigenvalue weighted by molar-refractivity contribution is 5.93. The van der Waals surface area contributed by atoms with E-state index in [0.717, 1.165) is 53.8 Å². The van der Waals surface area contributed by atoms with Gasteiger partial charge in [-0.1, -0.05) is 0 Å². The van der Waals surface area contributed by atoms with Crippen LogP contribution in [0.25, 0.3) is 10.9 Å². The third kappa shape index (κ3) is 4.68. The Labute approximate surface area is 182 Å². The molecule has 0 spiro atoms. The van der Waals surface area contributed by atoms with Crippen LogP contribution in [0.1, 0.15) is 18.4 Å². The van der Waals surface area contributed by atoms with Crippen LogP contribution < -0.4 is 24.8 Å². The summed E-state index contributed by atoms with van der Waals surface area (Å²) in [6, 6.07) is 9.84. The van der Waals surface area contributed by atoms with Crippen molar-refractivity contribution in [2.75, 3.05) is 32.6 Å². The van der Waals surface area contributed by atoms with Gasteiger partial charge in [0, 0.05) is 17.1 Å². The zero-order chi connectivity index (χ0) is 20.2. The van der Waals surface area contributed by atoms with Gasteiger partial charge in [-0.05, 0) is 62.7 Å². The van der Waals surface area contributed by atoms with Crippen LogP contribution in [0.15, 0.2) is 36.7 Å². The second kappa shape index (κ2) is 9.82. The molecule has 0 amide bonds. The summed E-state index contributed by atoms with van der Waals surface area (Å²) in [4.78, 5) is 8.77. The van der Waals surface area contributed by atoms with E-state index in [0.29, 0.717) is 17.3 Å². The maximum atomic E-state index is 6.19. The number of aryl methyl sites for hydroxylation is 1. The molecule has 1 fully saturated rings. The molecule has 0 atom stereocenters. The molecule has 0 bridgehead atoms. The molecule has 30 heavy (non-hydrogen) atoms. The number of hydrogen-bond acceptors (Lipinski definition) is 7. The summed E-state index contributed by atoms with van der Waals surface area (Å²) in [6.45, 7) is 4.09. The Kier molecular flexibility index (Phi) is 7.18. The minimum atomic E-state index is 0. The number of anilines is 2. The fourth-order valence-corrected chi connectivity index (χ4v) is 3.57. The average Bonchev–Trinajstić information content (AvgIpc) is 2.75. The largest absolute Gasteiger partial charge is 0.493 e. The zero-order valence-electron chi connectivity index (χ0n) is 17.4. The van der Waals surface area contributed by atoms with E-state index in [1.165, 1.54) is 6.33 Å². The lowest BCUT2D eigenvalue weighted by atomic mass is 10.1. The third-order valence-electron chi connectivity index (χ3n) is 5.16. The highest BCUT2D eigenvalue weighted by Crippen LogP contribution is 2.35. The third-order valence-corrected chi connectivity index (χ3v) is 5.16. The molecule has 2 aromatic carbocycles. The highest BCUT2D eigenvalue weighted by Gasteiger charge is 2.16. The molecule has 7 nitrogen and oxygen atoms in total. The molecule has 2 heterocycles. The fourth-order valence-electron chi connectivity index (χ4n) is 3.57. The zero-order valence-corrected chi connectivity index (χ0v) is 18.2. The van der Waals surface area contributed by atoms with Crippen LogP contribution >= 0.6 is 12.4 Å². The Morgan fingerprint density at radius 3 is 2.40 bits per heavy atom. The van der Waals surface area contributed by atoms with E-state index in [9.17, 15) is 0 Å². The summed E-state index contributed by atoms with van der Waals surface area (Å²) in [5.41, 5.74) is 2.81. The van der Waals surface area contributed by atoms with E-state index in [1.54, 1.807) is 14.2 Å². The van der Waals surface area contributed by atoms with Crippen molar-refractivity contribution < 1.29 is 14.2 Å². The first-order chi connectivity index (χ1) is 14.2. The second-order valence-electron chi connectivity index (χ2n) is 7.12. The lowest BCUT2D eigenvalue weighted by molar-refractivity contribution is 0.161. The van der Waals surface area contributed by atoms with Crippen LogP contribution in [0.3, 0.4) is 0 Å². The molecule has 1 aliphatic heterocycles. The molecular weight excluding hydrogens is 404 g/mol. The molecule has 160 valence electrons. The number of piperidine rings is 1. The molecule has 1 aliphatic rings. The van der Waals surface area contributed by atoms with Gasteiger partial charge in [0.15, 0.2) is 11.5 Å². The molecule has 0 saturated carbocycles. The van der Waals surface area contributed by atoms with Crippen molar-refractivity contribution in [1.29, 1.82) is 0 Å². The van der Waals surface area contributed by atoms with Crippen molar-refractivity contribution in [3.8, 4) is 17.2 Å². The summed E-state index contributed by atoms with van der Waals surface area (Å²) in [7, 11) is 3.23. The predicted octanol–water partition coefficient (Wildman–Crippen LogP) is 4.25. The van der Waals surface area contributed by atoms with Gasteiger partial charge in [-0.15, -0.1) is 12.4 Å². The van der Waals surface area contributed by atoms with Gasteiger partial charge in [-0.25, -0.2) is 9.97 Å². The number of aromatic nitrogens is 2. The van der Waals surface area contributed by atoms with Crippen molar-refractivity contribution >= 4 is 34.8 Å². The number of hydrogen-bond donors (Lipinski definition) is 2. The Hall–Kier alpha value is -2.77. The number of nitrogens with zero attached hydrogens (tertiary/aromatic N) is 2. The maximum absolute atomic E-state index is 6.19. The summed E-state index contributed by atoms with van der Waals surface area (Å²) in [5.74, 6) is 2.92. The van der Waals surface area contributed by atoms with Gasteiger partial charge >= 0.3 is 0 Å². The first-order valence-electron chi connectivity index (χ1n) is 9.79. The lowest BCUT2D eigenvalue weighted by Gasteiger charge is -2.24. The normalized spacial score (nSPS) is 14.1. The monoisotopic (exact) mass is 430 g/mol. The number of rotatable bonds is 6. The minimum Gasteiger partial charge on any atom is -0.493 e. The summed E-state index contributed by atoms with van der Waals surface area (Å²) >= 11 is 0. The number of ether oxygens (including phenoxy) is 3. The maximum Gasteiger partial charge on any atom is 0.162 e. The van der Waals surface area contributed by atoms with Crippen LogP contribution in [-0.4, -0.2) is 43.4 Å². The van der Waals surface area contributed by atoms with E-state index in [2.05, 4.69) is 33.6 Å². The summed E-state index contributed by atoms with van der Waals surface area (Å²) in [6.07, 6.45) is 3.90. The van der Waals surface area contributed by atoms with Gasteiger partial charge < -0.3 is 24.8 Å². The SMILES string of the molecule is COc1cc2ncnc(Nc3ccc(OC4CCNCC4)c(C)c3)c2cc1OC.Cl. The van der Waals surface area contributed by atoms with E-state index >= 15 is 0 Å². The molecule has 1 saturated heterocycles. The van der Waals surface area contributed by atoms with Crippen molar-refractivity contribution in [2.24, 2.45) is 0 Å². The minimum absolute atomic E-state index is 0. The molecule has 0 unspecified atom stereocenters. The fraction of sp³-hybridized carbons (Fsp3) is 0.364. The van der Waals surface area contributed by atoms with Crippen LogP contribution in [0.4, 0.5) is 11.5 Å². The quantitative estimate of drug-likeness (QED) is 0.605. The van der Waals surface area contributed by atoms with Crippen LogP contribution in [0, 0.1) is 6.92 Å². The average molecular weight is 431 g/mol. The van der Waals surface area contributed by atoms with Gasteiger partial charge in [0.05, 0.1) is 19.7 Å². The Bertz CT molecular complexity index is 1010. The molecule has 0 radical (unpaired) electrons. The van der Waals surface area contributed by atoms with E-state index in [-0.39, 0.29) is 18.5 Å². The van der Waals surface area contributed by atoms with Crippen molar-refractivity contribution in [3.63, 3.8) is 0 Å². The van der Waals surface area contributed by atoms with Crippen molar-refractivity contribution in [1.82, 2.24) is 15.3 Å². The Morgan fingerprint density at radius 2 is 1.70 bits per heavy atom. The van der Waals surface area contributed by atoms with Crippen molar-refractivity contribution in [2.45, 2.75) is 25.9 Å². The first-order valence-corrected chi connectivity index (χ1v) is 9.79. The number of fused-ring (bicyclic) bond motifs is 1. The number of nitrogens with one attached hydrogen (secondary N) is 2. The molecule has 2 N–H and O–H groups in total. The molecule has 1 aromatic heterocycles. The summed E-state index contributed by atoms with van der Waals surface area (Å²) in [5, 5.41) is 7.62. The molecule has 3 aromatic rings. The van der Waals surface area contributed by atoms with E-state index < -0.39 is 0 Å². The van der Waals surface area contributed by atoms with Crippen molar-refractivity contribution in [3.05, 3.63) is 42.2 Å². The standard InChI is InChI=1S/C22H26N4O3.ClH/c1-14-10-15(4-5-19(14)29-16-6-8-23-9-7-16)26-22-17-11-20(27-2)21(28-3)12-18(17)24-13-25-22;/h4-5,10-13,16,23H,6-9H2,1-3H3,(H,24,25,26);1H. The number of benzene rings is 2. The van der Waals surface area contributed by atoms with Gasteiger partial charge in [-0.3, -0.25) is 0 Å². The Morgan fingerprint density at radius 1 is 0.967 bits per heavy atom. The highest BCUT2D eigenvalue weighted by atomic mass is 35.5. The van der Waals surface area contributed by atoms with Crippen LogP contribution in [0.2, 0.25) is 0 Å². The van der Waals surface area contributed by atoms with Crippen LogP contribution in [-0.2, 0) is 0 Å². The summed E-state index contributed by atoms with van der Waals surface area (Å²) < 4.78 is 17.0. The second-order valence-corrected chi connectivity index (χ2v) is 7.12. The molecule has 8 heteroatoms. The Balaban J connectivity index is 0.00000256. The molecule has 4 rings (SSSR count). The van der Waals surface area contributed by atoms with Gasteiger partial charge in [0.25, 0.3) is 0 Å².